The first-order valence-electron chi connectivity index (χ1n) is 8.40. The molecule has 3 rings (SSSR count). The first kappa shape index (κ1) is 16.0. The lowest BCUT2D eigenvalue weighted by Crippen LogP contribution is -2.20. The Bertz CT molecular complexity index is 643. The van der Waals surface area contributed by atoms with Crippen molar-refractivity contribution in [3.05, 3.63) is 53.1 Å². The summed E-state index contributed by atoms with van der Waals surface area (Å²) in [6, 6.07) is 10.6. The second-order valence-electron chi connectivity index (χ2n) is 6.38. The predicted octanol–water partition coefficient (Wildman–Crippen LogP) is 2.13. The van der Waals surface area contributed by atoms with Crippen LogP contribution in [0.1, 0.15) is 42.5 Å². The van der Waals surface area contributed by atoms with E-state index in [1.165, 1.54) is 5.56 Å². The number of hydrogen-bond acceptors (Lipinski definition) is 5. The summed E-state index contributed by atoms with van der Waals surface area (Å²) in [5, 5.41) is 8.66. The van der Waals surface area contributed by atoms with Gasteiger partial charge in [-0.3, -0.25) is 4.90 Å². The van der Waals surface area contributed by atoms with Gasteiger partial charge in [0, 0.05) is 32.1 Å². The predicted molar refractivity (Wildman–Crippen MR) is 90.7 cm³/mol. The Kier molecular flexibility index (Phi) is 4.98. The Morgan fingerprint density at radius 2 is 1.91 bits per heavy atom. The van der Waals surface area contributed by atoms with Crippen LogP contribution in [0.25, 0.3) is 0 Å². The zero-order valence-electron chi connectivity index (χ0n) is 13.9. The first-order chi connectivity index (χ1) is 11.2. The standard InChI is InChI=1S/C18H25N5/c1-3-16-17(9-19)21-22-18(20-16)15-12-23(10-13(15)2)11-14-7-5-4-6-8-14/h4-8,13,15H,3,9-12,19H2,1-2H3. The molecule has 0 aliphatic carbocycles. The number of nitrogens with two attached hydrogens (primary N) is 1. The molecule has 5 heteroatoms. The van der Waals surface area contributed by atoms with Crippen molar-refractivity contribution in [1.29, 1.82) is 0 Å². The van der Waals surface area contributed by atoms with E-state index in [-0.39, 0.29) is 0 Å². The molecule has 0 radical (unpaired) electrons. The van der Waals surface area contributed by atoms with E-state index >= 15 is 0 Å². The SMILES string of the molecule is CCc1nc(C2CN(Cc3ccccc3)CC2C)nnc1CN. The van der Waals surface area contributed by atoms with E-state index in [0.29, 0.717) is 18.4 Å². The van der Waals surface area contributed by atoms with Crippen molar-refractivity contribution in [2.24, 2.45) is 11.7 Å². The van der Waals surface area contributed by atoms with Gasteiger partial charge in [0.25, 0.3) is 0 Å². The second kappa shape index (κ2) is 7.15. The average Bonchev–Trinajstić information content (AvgIpc) is 2.95. The topological polar surface area (TPSA) is 67.9 Å². The van der Waals surface area contributed by atoms with Crippen LogP contribution in [0, 0.1) is 5.92 Å². The molecule has 2 N–H and O–H groups in total. The van der Waals surface area contributed by atoms with Crippen LogP contribution in [0.4, 0.5) is 0 Å². The maximum absolute atomic E-state index is 5.71. The Morgan fingerprint density at radius 3 is 2.61 bits per heavy atom. The fourth-order valence-electron chi connectivity index (χ4n) is 3.37. The van der Waals surface area contributed by atoms with Gasteiger partial charge in [-0.25, -0.2) is 4.98 Å². The maximum atomic E-state index is 5.71. The molecule has 2 heterocycles. The summed E-state index contributed by atoms with van der Waals surface area (Å²) >= 11 is 0. The highest BCUT2D eigenvalue weighted by Crippen LogP contribution is 2.31. The number of rotatable bonds is 5. The van der Waals surface area contributed by atoms with Gasteiger partial charge in [0.05, 0.1) is 11.4 Å². The fourth-order valence-corrected chi connectivity index (χ4v) is 3.37. The van der Waals surface area contributed by atoms with Crippen LogP contribution in [0.5, 0.6) is 0 Å². The van der Waals surface area contributed by atoms with E-state index in [9.17, 15) is 0 Å². The molecular formula is C18H25N5. The minimum absolute atomic E-state index is 0.350. The molecule has 122 valence electrons. The molecule has 1 aliphatic rings. The quantitative estimate of drug-likeness (QED) is 0.916. The zero-order valence-corrected chi connectivity index (χ0v) is 13.9. The molecule has 23 heavy (non-hydrogen) atoms. The van der Waals surface area contributed by atoms with Crippen molar-refractivity contribution >= 4 is 0 Å². The van der Waals surface area contributed by atoms with Gasteiger partial charge in [0.15, 0.2) is 5.82 Å². The highest BCUT2D eigenvalue weighted by molar-refractivity contribution is 5.16. The van der Waals surface area contributed by atoms with Crippen molar-refractivity contribution in [1.82, 2.24) is 20.1 Å². The van der Waals surface area contributed by atoms with Crippen molar-refractivity contribution in [3.63, 3.8) is 0 Å². The summed E-state index contributed by atoms with van der Waals surface area (Å²) in [7, 11) is 0. The van der Waals surface area contributed by atoms with Gasteiger partial charge < -0.3 is 5.73 Å². The van der Waals surface area contributed by atoms with Gasteiger partial charge in [-0.05, 0) is 17.9 Å². The van der Waals surface area contributed by atoms with Crippen molar-refractivity contribution in [2.45, 2.75) is 39.3 Å². The van der Waals surface area contributed by atoms with Gasteiger partial charge in [-0.2, -0.15) is 5.10 Å². The van der Waals surface area contributed by atoms with Gasteiger partial charge in [0.1, 0.15) is 0 Å². The molecule has 0 saturated carbocycles. The Morgan fingerprint density at radius 1 is 1.13 bits per heavy atom. The lowest BCUT2D eigenvalue weighted by Gasteiger charge is -2.16. The van der Waals surface area contributed by atoms with Crippen LogP contribution in [-0.2, 0) is 19.5 Å². The first-order valence-corrected chi connectivity index (χ1v) is 8.40. The highest BCUT2D eigenvalue weighted by Gasteiger charge is 2.33. The summed E-state index contributed by atoms with van der Waals surface area (Å²) in [5.41, 5.74) is 8.88. The molecule has 2 unspecified atom stereocenters. The van der Waals surface area contributed by atoms with Crippen LogP contribution in [-0.4, -0.2) is 33.2 Å². The van der Waals surface area contributed by atoms with Crippen molar-refractivity contribution < 1.29 is 0 Å². The fraction of sp³-hybridized carbons (Fsp3) is 0.500. The third kappa shape index (κ3) is 3.57. The number of hydrogen-bond donors (Lipinski definition) is 1. The van der Waals surface area contributed by atoms with Gasteiger partial charge >= 0.3 is 0 Å². The number of aryl methyl sites for hydroxylation is 1. The van der Waals surface area contributed by atoms with E-state index in [2.05, 4.69) is 59.3 Å². The zero-order chi connectivity index (χ0) is 16.2. The Labute approximate surface area is 137 Å². The molecule has 2 atom stereocenters. The normalized spacial score (nSPS) is 21.7. The number of benzene rings is 1. The summed E-state index contributed by atoms with van der Waals surface area (Å²) in [6.45, 7) is 7.82. The highest BCUT2D eigenvalue weighted by atomic mass is 15.2. The Hall–Kier alpha value is -1.85. The molecule has 0 spiro atoms. The average molecular weight is 311 g/mol. The molecule has 1 aromatic heterocycles. The van der Waals surface area contributed by atoms with Gasteiger partial charge in [-0.15, -0.1) is 5.10 Å². The second-order valence-corrected chi connectivity index (χ2v) is 6.38. The third-order valence-electron chi connectivity index (χ3n) is 4.65. The molecule has 1 fully saturated rings. The molecule has 1 aliphatic heterocycles. The van der Waals surface area contributed by atoms with E-state index in [1.54, 1.807) is 0 Å². The molecular weight excluding hydrogens is 286 g/mol. The summed E-state index contributed by atoms with van der Waals surface area (Å²) in [5.74, 6) is 1.76. The number of aromatic nitrogens is 3. The summed E-state index contributed by atoms with van der Waals surface area (Å²) in [6.07, 6.45) is 0.851. The summed E-state index contributed by atoms with van der Waals surface area (Å²) < 4.78 is 0. The monoisotopic (exact) mass is 311 g/mol. The lowest BCUT2D eigenvalue weighted by molar-refractivity contribution is 0.318. The van der Waals surface area contributed by atoms with Gasteiger partial charge in [0.2, 0.25) is 0 Å². The lowest BCUT2D eigenvalue weighted by atomic mass is 9.97. The van der Waals surface area contributed by atoms with Crippen LogP contribution in [0.15, 0.2) is 30.3 Å². The van der Waals surface area contributed by atoms with Crippen LogP contribution >= 0.6 is 0 Å². The molecule has 1 aromatic carbocycles. The smallest absolute Gasteiger partial charge is 0.155 e. The van der Waals surface area contributed by atoms with Crippen LogP contribution < -0.4 is 5.73 Å². The molecule has 2 aromatic rings. The molecule has 1 saturated heterocycles. The molecule has 0 bridgehead atoms. The van der Waals surface area contributed by atoms with E-state index < -0.39 is 0 Å². The third-order valence-corrected chi connectivity index (χ3v) is 4.65. The molecule has 0 amide bonds. The van der Waals surface area contributed by atoms with E-state index in [0.717, 1.165) is 43.3 Å². The van der Waals surface area contributed by atoms with Crippen LogP contribution in [0.3, 0.4) is 0 Å². The van der Waals surface area contributed by atoms with E-state index in [4.69, 9.17) is 10.7 Å². The number of likely N-dealkylation sites (tertiary alicyclic amines) is 1. The number of nitrogens with zero attached hydrogens (tertiary/aromatic N) is 4. The minimum Gasteiger partial charge on any atom is -0.325 e. The van der Waals surface area contributed by atoms with Gasteiger partial charge in [-0.1, -0.05) is 44.2 Å². The van der Waals surface area contributed by atoms with E-state index in [1.807, 2.05) is 0 Å². The largest absolute Gasteiger partial charge is 0.325 e. The minimum atomic E-state index is 0.350. The maximum Gasteiger partial charge on any atom is 0.155 e. The van der Waals surface area contributed by atoms with Crippen molar-refractivity contribution in [2.75, 3.05) is 13.1 Å². The van der Waals surface area contributed by atoms with Crippen molar-refractivity contribution in [3.8, 4) is 0 Å². The Balaban J connectivity index is 1.74. The molecule has 5 nitrogen and oxygen atoms in total. The van der Waals surface area contributed by atoms with Crippen LogP contribution in [0.2, 0.25) is 0 Å². The summed E-state index contributed by atoms with van der Waals surface area (Å²) in [4.78, 5) is 7.24.